The van der Waals surface area contributed by atoms with E-state index in [-0.39, 0.29) is 0 Å². The van der Waals surface area contributed by atoms with Crippen LogP contribution in [0.1, 0.15) is 20.3 Å². The molecule has 1 rings (SSSR count). The molecule has 0 radical (unpaired) electrons. The van der Waals surface area contributed by atoms with Crippen LogP contribution in [-0.4, -0.2) is 31.2 Å². The van der Waals surface area contributed by atoms with Gasteiger partial charge in [0.05, 0.1) is 17.8 Å². The van der Waals surface area contributed by atoms with Gasteiger partial charge in [-0.3, -0.25) is 0 Å². The van der Waals surface area contributed by atoms with E-state index in [1.807, 2.05) is 0 Å². The SMILES string of the molecule is CCC(C)(CO)Nc1ccc(F)cc1S(=O)(=O)C(F)(F)F. The van der Waals surface area contributed by atoms with Crippen molar-refractivity contribution in [3.63, 3.8) is 0 Å². The predicted molar refractivity (Wildman–Crippen MR) is 69.0 cm³/mol. The quantitative estimate of drug-likeness (QED) is 0.815. The summed E-state index contributed by atoms with van der Waals surface area (Å²) in [6, 6.07) is 2.04. The molecule has 2 N–H and O–H groups in total. The zero-order chi connectivity index (χ0) is 16.5. The first-order chi connectivity index (χ1) is 9.47. The van der Waals surface area contributed by atoms with E-state index in [4.69, 9.17) is 0 Å². The van der Waals surface area contributed by atoms with Gasteiger partial charge in [-0.1, -0.05) is 6.92 Å². The van der Waals surface area contributed by atoms with Crippen LogP contribution in [0.5, 0.6) is 0 Å². The van der Waals surface area contributed by atoms with Crippen LogP contribution >= 0.6 is 0 Å². The second-order valence-corrected chi connectivity index (χ2v) is 6.70. The number of sulfone groups is 1. The van der Waals surface area contributed by atoms with Crippen molar-refractivity contribution in [2.24, 2.45) is 0 Å². The van der Waals surface area contributed by atoms with Crippen molar-refractivity contribution in [1.82, 2.24) is 0 Å². The largest absolute Gasteiger partial charge is 0.501 e. The molecule has 1 aromatic rings. The lowest BCUT2D eigenvalue weighted by Crippen LogP contribution is -2.38. The first-order valence-electron chi connectivity index (χ1n) is 5.97. The van der Waals surface area contributed by atoms with Crippen molar-refractivity contribution in [3.8, 4) is 0 Å². The average molecular weight is 329 g/mol. The molecule has 0 aliphatic heterocycles. The number of aliphatic hydroxyl groups is 1. The van der Waals surface area contributed by atoms with Crippen LogP contribution in [0.15, 0.2) is 23.1 Å². The van der Waals surface area contributed by atoms with Crippen LogP contribution in [0.25, 0.3) is 0 Å². The van der Waals surface area contributed by atoms with Gasteiger partial charge in [0.1, 0.15) is 10.7 Å². The van der Waals surface area contributed by atoms with E-state index >= 15 is 0 Å². The number of benzene rings is 1. The van der Waals surface area contributed by atoms with E-state index in [0.717, 1.165) is 12.1 Å². The van der Waals surface area contributed by atoms with Gasteiger partial charge >= 0.3 is 5.51 Å². The molecule has 0 aromatic heterocycles. The van der Waals surface area contributed by atoms with Crippen LogP contribution in [-0.2, 0) is 9.84 Å². The molecule has 0 saturated carbocycles. The number of halogens is 4. The van der Waals surface area contributed by atoms with E-state index in [1.165, 1.54) is 6.92 Å². The molecule has 0 fully saturated rings. The summed E-state index contributed by atoms with van der Waals surface area (Å²) in [5.41, 5.74) is -6.99. The second kappa shape index (κ2) is 5.80. The Morgan fingerprint density at radius 2 is 1.86 bits per heavy atom. The van der Waals surface area contributed by atoms with Crippen molar-refractivity contribution in [3.05, 3.63) is 24.0 Å². The molecule has 21 heavy (non-hydrogen) atoms. The minimum atomic E-state index is -5.70. The molecular formula is C12H15F4NO3S. The van der Waals surface area contributed by atoms with Gasteiger partial charge in [-0.2, -0.15) is 13.2 Å². The van der Waals surface area contributed by atoms with Crippen LogP contribution in [0.3, 0.4) is 0 Å². The Bertz CT molecular complexity index is 609. The van der Waals surface area contributed by atoms with Gasteiger partial charge in [0.15, 0.2) is 0 Å². The Morgan fingerprint density at radius 1 is 1.29 bits per heavy atom. The van der Waals surface area contributed by atoms with Crippen LogP contribution < -0.4 is 5.32 Å². The maximum atomic E-state index is 13.2. The Balaban J connectivity index is 3.44. The third-order valence-corrected chi connectivity index (χ3v) is 4.63. The Labute approximate surface area is 119 Å². The van der Waals surface area contributed by atoms with Crippen molar-refractivity contribution >= 4 is 15.5 Å². The molecule has 1 atom stereocenters. The maximum absolute atomic E-state index is 13.2. The number of hydrogen-bond acceptors (Lipinski definition) is 4. The first kappa shape index (κ1) is 17.7. The van der Waals surface area contributed by atoms with Crippen molar-refractivity contribution in [2.45, 2.75) is 36.2 Å². The van der Waals surface area contributed by atoms with Crippen molar-refractivity contribution in [2.75, 3.05) is 11.9 Å². The third kappa shape index (κ3) is 3.65. The summed E-state index contributed by atoms with van der Waals surface area (Å²) in [6.07, 6.45) is 0.312. The van der Waals surface area contributed by atoms with Gasteiger partial charge in [-0.25, -0.2) is 12.8 Å². The summed E-state index contributed by atoms with van der Waals surface area (Å²) in [5, 5.41) is 11.8. The highest BCUT2D eigenvalue weighted by Gasteiger charge is 2.48. The monoisotopic (exact) mass is 329 g/mol. The Kier molecular flexibility index (Phi) is 4.89. The molecule has 1 aromatic carbocycles. The minimum Gasteiger partial charge on any atom is -0.394 e. The average Bonchev–Trinajstić information content (AvgIpc) is 2.39. The number of alkyl halides is 3. The summed E-state index contributed by atoms with van der Waals surface area (Å²) in [7, 11) is -5.70. The topological polar surface area (TPSA) is 66.4 Å². The molecule has 0 bridgehead atoms. The highest BCUT2D eigenvalue weighted by Crippen LogP contribution is 2.36. The van der Waals surface area contributed by atoms with Gasteiger partial charge in [0, 0.05) is 0 Å². The van der Waals surface area contributed by atoms with Crippen molar-refractivity contribution in [1.29, 1.82) is 0 Å². The lowest BCUT2D eigenvalue weighted by atomic mass is 10.00. The molecule has 1 unspecified atom stereocenters. The van der Waals surface area contributed by atoms with Crippen LogP contribution in [0, 0.1) is 5.82 Å². The van der Waals surface area contributed by atoms with Gasteiger partial charge < -0.3 is 10.4 Å². The smallest absolute Gasteiger partial charge is 0.394 e. The fourth-order valence-electron chi connectivity index (χ4n) is 1.51. The number of nitrogens with one attached hydrogen (secondary N) is 1. The molecule has 0 aliphatic rings. The molecule has 0 saturated heterocycles. The lowest BCUT2D eigenvalue weighted by Gasteiger charge is -2.29. The maximum Gasteiger partial charge on any atom is 0.501 e. The number of anilines is 1. The number of rotatable bonds is 5. The van der Waals surface area contributed by atoms with E-state index in [1.54, 1.807) is 6.92 Å². The molecule has 4 nitrogen and oxygen atoms in total. The van der Waals surface area contributed by atoms with Gasteiger partial charge in [-0.05, 0) is 31.5 Å². The fourth-order valence-corrected chi connectivity index (χ4v) is 2.44. The zero-order valence-corrected chi connectivity index (χ0v) is 12.1. The second-order valence-electron chi connectivity index (χ2n) is 4.79. The number of aliphatic hydroxyl groups excluding tert-OH is 1. The summed E-state index contributed by atoms with van der Waals surface area (Å²) in [6.45, 7) is 2.72. The van der Waals surface area contributed by atoms with Gasteiger partial charge in [0.2, 0.25) is 0 Å². The Morgan fingerprint density at radius 3 is 2.29 bits per heavy atom. The molecular weight excluding hydrogens is 314 g/mol. The van der Waals surface area contributed by atoms with Gasteiger partial charge in [-0.15, -0.1) is 0 Å². The summed E-state index contributed by atoms with van der Waals surface area (Å²) in [5.74, 6) is -1.11. The van der Waals surface area contributed by atoms with E-state index in [0.29, 0.717) is 12.5 Å². The highest BCUT2D eigenvalue weighted by molar-refractivity contribution is 7.92. The standard InChI is InChI=1S/C12H15F4NO3S/c1-3-11(2,7-18)17-9-5-4-8(13)6-10(9)21(19,20)12(14,15)16/h4-6,17-18H,3,7H2,1-2H3. The zero-order valence-electron chi connectivity index (χ0n) is 11.3. The van der Waals surface area contributed by atoms with Crippen LogP contribution in [0.4, 0.5) is 23.2 Å². The van der Waals surface area contributed by atoms with E-state index in [2.05, 4.69) is 5.32 Å². The number of hydrogen-bond donors (Lipinski definition) is 2. The first-order valence-corrected chi connectivity index (χ1v) is 7.45. The molecule has 9 heteroatoms. The summed E-state index contributed by atoms with van der Waals surface area (Å²) < 4.78 is 74.1. The molecule has 0 aliphatic carbocycles. The van der Waals surface area contributed by atoms with Crippen molar-refractivity contribution < 1.29 is 31.1 Å². The third-order valence-electron chi connectivity index (χ3n) is 3.10. The predicted octanol–water partition coefficient (Wildman–Crippen LogP) is 2.69. The summed E-state index contributed by atoms with van der Waals surface area (Å²) in [4.78, 5) is -1.21. The van der Waals surface area contributed by atoms with E-state index < -0.39 is 43.9 Å². The van der Waals surface area contributed by atoms with E-state index in [9.17, 15) is 31.1 Å². The molecule has 0 amide bonds. The Hall–Kier alpha value is -1.35. The minimum absolute atomic E-state index is 0.304. The normalized spacial score (nSPS) is 15.6. The molecule has 0 spiro atoms. The fraction of sp³-hybridized carbons (Fsp3) is 0.500. The highest BCUT2D eigenvalue weighted by atomic mass is 32.2. The van der Waals surface area contributed by atoms with Crippen LogP contribution in [0.2, 0.25) is 0 Å². The molecule has 120 valence electrons. The molecule has 0 heterocycles. The summed E-state index contributed by atoms with van der Waals surface area (Å²) >= 11 is 0. The lowest BCUT2D eigenvalue weighted by molar-refractivity contribution is -0.0435. The van der Waals surface area contributed by atoms with Gasteiger partial charge in [0.25, 0.3) is 9.84 Å².